The maximum absolute atomic E-state index is 12.7. The van der Waals surface area contributed by atoms with Gasteiger partial charge in [-0.2, -0.15) is 0 Å². The van der Waals surface area contributed by atoms with Crippen molar-refractivity contribution in [2.45, 2.75) is 116 Å². The van der Waals surface area contributed by atoms with E-state index in [2.05, 4.69) is 52.0 Å². The van der Waals surface area contributed by atoms with Crippen molar-refractivity contribution in [1.29, 1.82) is 0 Å². The first-order valence-corrected chi connectivity index (χ1v) is 22.7. The maximum Gasteiger partial charge on any atom is 0.220 e. The zero-order chi connectivity index (χ0) is 40.1. The Hall–Kier alpha value is -3.84. The lowest BCUT2D eigenvalue weighted by Crippen LogP contribution is -2.34. The van der Waals surface area contributed by atoms with Crippen LogP contribution in [0.5, 0.6) is 11.5 Å². The van der Waals surface area contributed by atoms with Crippen molar-refractivity contribution in [3.8, 4) is 11.5 Å². The summed E-state index contributed by atoms with van der Waals surface area (Å²) in [5.41, 5.74) is 0. The number of ether oxygens (including phenoxy) is 2. The third kappa shape index (κ3) is 17.7. The molecule has 4 N–H and O–H groups in total. The number of nitrogens with one attached hydrogen (secondary N) is 4. The number of benzene rings is 2. The van der Waals surface area contributed by atoms with Gasteiger partial charge in [-0.05, 0) is 102 Å². The summed E-state index contributed by atoms with van der Waals surface area (Å²) in [4.78, 5) is 37.1. The molecule has 57 heavy (non-hydrogen) atoms. The summed E-state index contributed by atoms with van der Waals surface area (Å²) in [5, 5.41) is 15.8. The number of hydrogen-bond donors (Lipinski definition) is 4. The molecule has 1 saturated carbocycles. The largest absolute Gasteiger partial charge is 0.494 e. The first-order valence-electron chi connectivity index (χ1n) is 21.0. The second kappa shape index (κ2) is 24.8. The van der Waals surface area contributed by atoms with Gasteiger partial charge in [-0.1, -0.05) is 43.3 Å². The predicted octanol–water partition coefficient (Wildman–Crippen LogP) is 7.57. The minimum absolute atomic E-state index is 0.108. The lowest BCUT2D eigenvalue weighted by atomic mass is 10.1. The molecule has 5 rings (SSSR count). The molecular formula is C45H64N6O4S2. The molecule has 0 bridgehead atoms. The highest BCUT2D eigenvalue weighted by Crippen LogP contribution is 2.25. The molecular weight excluding hydrogens is 753 g/mol. The summed E-state index contributed by atoms with van der Waals surface area (Å²) in [7, 11) is 0. The van der Waals surface area contributed by atoms with Crippen LogP contribution in [0.2, 0.25) is 0 Å². The number of nitrogens with zero attached hydrogens (tertiary/aromatic N) is 2. The molecule has 10 nitrogen and oxygen atoms in total. The van der Waals surface area contributed by atoms with E-state index in [1.54, 1.807) is 22.7 Å². The molecule has 5 atom stereocenters. The van der Waals surface area contributed by atoms with E-state index >= 15 is 0 Å². The van der Waals surface area contributed by atoms with Gasteiger partial charge in [-0.25, -0.2) is 9.97 Å². The van der Waals surface area contributed by atoms with Crippen LogP contribution >= 0.6 is 22.7 Å². The number of carbonyl (C=O) groups is 2. The topological polar surface area (TPSA) is 127 Å². The molecule has 0 radical (unpaired) electrons. The average Bonchev–Trinajstić information content (AvgIpc) is 3.98. The van der Waals surface area contributed by atoms with Gasteiger partial charge >= 0.3 is 0 Å². The van der Waals surface area contributed by atoms with E-state index in [9.17, 15) is 9.59 Å². The Kier molecular flexibility index (Phi) is 19.3. The van der Waals surface area contributed by atoms with Crippen LogP contribution in [-0.4, -0.2) is 72.8 Å². The van der Waals surface area contributed by atoms with E-state index in [0.717, 1.165) is 98.8 Å². The second-order valence-corrected chi connectivity index (χ2v) is 18.1. The smallest absolute Gasteiger partial charge is 0.220 e. The van der Waals surface area contributed by atoms with E-state index in [1.807, 2.05) is 73.1 Å². The number of thiazole rings is 2. The number of para-hydroxylation sites is 2. The lowest BCUT2D eigenvalue weighted by Gasteiger charge is -2.17. The quantitative estimate of drug-likeness (QED) is 0.0455. The summed E-state index contributed by atoms with van der Waals surface area (Å²) in [6, 6.07) is 20.7. The Labute approximate surface area is 348 Å². The van der Waals surface area contributed by atoms with E-state index < -0.39 is 0 Å². The molecule has 12 heteroatoms. The van der Waals surface area contributed by atoms with Gasteiger partial charge in [0.25, 0.3) is 0 Å². The van der Waals surface area contributed by atoms with Crippen LogP contribution in [0, 0.1) is 11.8 Å². The summed E-state index contributed by atoms with van der Waals surface area (Å²) in [5.74, 6) is 2.87. The molecule has 0 saturated heterocycles. The fourth-order valence-electron chi connectivity index (χ4n) is 7.01. The molecule has 4 aromatic rings. The normalized spacial score (nSPS) is 16.8. The Bertz CT molecular complexity index is 1720. The third-order valence-corrected chi connectivity index (χ3v) is 12.4. The Morgan fingerprint density at radius 1 is 0.754 bits per heavy atom. The van der Waals surface area contributed by atoms with Gasteiger partial charge < -0.3 is 30.7 Å². The van der Waals surface area contributed by atoms with Gasteiger partial charge in [0.2, 0.25) is 11.8 Å². The molecule has 1 aliphatic rings. The van der Waals surface area contributed by atoms with Crippen molar-refractivity contribution in [3.05, 3.63) is 92.8 Å². The molecule has 1 fully saturated rings. The predicted molar refractivity (Wildman–Crippen MR) is 232 cm³/mol. The zero-order valence-electron chi connectivity index (χ0n) is 34.2. The number of amides is 2. The van der Waals surface area contributed by atoms with Crippen LogP contribution in [0.4, 0.5) is 0 Å². The van der Waals surface area contributed by atoms with Gasteiger partial charge in [-0.3, -0.25) is 9.59 Å². The summed E-state index contributed by atoms with van der Waals surface area (Å²) >= 11 is 3.51. The van der Waals surface area contributed by atoms with Crippen molar-refractivity contribution in [3.63, 3.8) is 0 Å². The molecule has 4 unspecified atom stereocenters. The Morgan fingerprint density at radius 2 is 1.35 bits per heavy atom. The highest BCUT2D eigenvalue weighted by Gasteiger charge is 2.26. The van der Waals surface area contributed by atoms with Crippen LogP contribution < -0.4 is 30.7 Å². The number of carbonyl (C=O) groups excluding carboxylic acids is 2. The first kappa shape index (κ1) is 44.3. The standard InChI is InChI=1S/C45H64N6O4S2/c1-33(32-55-39-15-8-5-9-16-39)28-47-35(3)26-45-50-30-40(57-45)17-10-19-42(52)48-29-36-21-22-37(27-36)51-43(53)20-11-18-41-31-49-44(56-41)25-34(2)46-23-12-24-54-38-13-6-4-7-14-38/h4-9,13-16,30-31,33-37,46-47H,10-12,17-29,32H2,1-3H3,(H,48,52)(H,51,53)/t33-,34?,35?,36?,37?/m0/s1. The molecule has 0 spiro atoms. The fraction of sp³-hybridized carbons (Fsp3) is 0.556. The number of hydrogen-bond acceptors (Lipinski definition) is 10. The highest BCUT2D eigenvalue weighted by molar-refractivity contribution is 7.11. The average molecular weight is 817 g/mol. The van der Waals surface area contributed by atoms with Crippen LogP contribution in [0.3, 0.4) is 0 Å². The third-order valence-electron chi connectivity index (χ3n) is 10.2. The van der Waals surface area contributed by atoms with Crippen LogP contribution in [0.1, 0.15) is 91.9 Å². The van der Waals surface area contributed by atoms with Crippen LogP contribution in [0.15, 0.2) is 73.1 Å². The molecule has 2 aromatic heterocycles. The van der Waals surface area contributed by atoms with Crippen molar-refractivity contribution in [2.24, 2.45) is 11.8 Å². The summed E-state index contributed by atoms with van der Waals surface area (Å²) in [6.45, 7) is 10.4. The minimum atomic E-state index is 0.108. The van der Waals surface area contributed by atoms with Crippen molar-refractivity contribution in [1.82, 2.24) is 31.2 Å². The van der Waals surface area contributed by atoms with Crippen molar-refractivity contribution in [2.75, 3.05) is 32.8 Å². The minimum Gasteiger partial charge on any atom is -0.494 e. The molecule has 2 amide bonds. The second-order valence-electron chi connectivity index (χ2n) is 15.7. The van der Waals surface area contributed by atoms with Crippen molar-refractivity contribution >= 4 is 34.5 Å². The van der Waals surface area contributed by atoms with Gasteiger partial charge in [0.15, 0.2) is 0 Å². The molecule has 2 heterocycles. The highest BCUT2D eigenvalue weighted by atomic mass is 32.1. The molecule has 310 valence electrons. The monoisotopic (exact) mass is 816 g/mol. The Balaban J connectivity index is 0.848. The van der Waals surface area contributed by atoms with Crippen LogP contribution in [0.25, 0.3) is 0 Å². The van der Waals surface area contributed by atoms with Gasteiger partial charge in [0.05, 0.1) is 23.2 Å². The van der Waals surface area contributed by atoms with Crippen LogP contribution in [-0.2, 0) is 35.3 Å². The Morgan fingerprint density at radius 3 is 2.00 bits per heavy atom. The van der Waals surface area contributed by atoms with E-state index in [1.165, 1.54) is 9.75 Å². The van der Waals surface area contributed by atoms with E-state index in [4.69, 9.17) is 9.47 Å². The number of aromatic nitrogens is 2. The summed E-state index contributed by atoms with van der Waals surface area (Å²) in [6.07, 6.45) is 14.0. The lowest BCUT2D eigenvalue weighted by molar-refractivity contribution is -0.122. The molecule has 0 aliphatic heterocycles. The van der Waals surface area contributed by atoms with Gasteiger partial charge in [-0.15, -0.1) is 22.7 Å². The molecule has 2 aromatic carbocycles. The fourth-order valence-corrected chi connectivity index (χ4v) is 9.20. The summed E-state index contributed by atoms with van der Waals surface area (Å²) < 4.78 is 11.7. The number of aryl methyl sites for hydroxylation is 2. The zero-order valence-corrected chi connectivity index (χ0v) is 35.8. The van der Waals surface area contributed by atoms with Gasteiger partial charge in [0.1, 0.15) is 11.5 Å². The maximum atomic E-state index is 12.7. The van der Waals surface area contributed by atoms with Crippen molar-refractivity contribution < 1.29 is 19.1 Å². The molecule has 1 aliphatic carbocycles. The van der Waals surface area contributed by atoms with Gasteiger partial charge in [0, 0.05) is 85.0 Å². The first-order chi connectivity index (χ1) is 27.8. The van der Waals surface area contributed by atoms with E-state index in [0.29, 0.717) is 56.5 Å². The SMILES string of the molecule is CC(Cc1ncc(CCCC(=O)NC2CCC(CNC(=O)CCCc3cnc(CC(C)NC[C@H](C)COc4ccccc4)s3)C2)s1)NCCCOc1ccccc1. The number of rotatable bonds is 27. The van der Waals surface area contributed by atoms with E-state index in [-0.39, 0.29) is 17.9 Å².